The van der Waals surface area contributed by atoms with Crippen molar-refractivity contribution < 1.29 is 9.53 Å². The predicted molar refractivity (Wildman–Crippen MR) is 73.5 cm³/mol. The highest BCUT2D eigenvalue weighted by atomic mass is 35.5. The fourth-order valence-electron chi connectivity index (χ4n) is 2.24. The summed E-state index contributed by atoms with van der Waals surface area (Å²) in [6.45, 7) is 1.29. The highest BCUT2D eigenvalue weighted by molar-refractivity contribution is 6.29. The van der Waals surface area contributed by atoms with E-state index in [2.05, 4.69) is 4.98 Å². The van der Waals surface area contributed by atoms with Crippen LogP contribution in [0, 0.1) is 0 Å². The van der Waals surface area contributed by atoms with Crippen LogP contribution in [0.5, 0.6) is 0 Å². The summed E-state index contributed by atoms with van der Waals surface area (Å²) >= 11 is 5.87. The van der Waals surface area contributed by atoms with Crippen molar-refractivity contribution in [3.63, 3.8) is 0 Å². The minimum atomic E-state index is 0.0167. The van der Waals surface area contributed by atoms with Crippen molar-refractivity contribution in [3.8, 4) is 0 Å². The number of aromatic nitrogens is 1. The zero-order valence-electron chi connectivity index (χ0n) is 10.5. The van der Waals surface area contributed by atoms with E-state index in [1.54, 1.807) is 18.1 Å². The van der Waals surface area contributed by atoms with Crippen molar-refractivity contribution in [1.82, 2.24) is 9.88 Å². The normalized spacial score (nSPS) is 15.6. The van der Waals surface area contributed by atoms with E-state index in [0.29, 0.717) is 23.8 Å². The molecule has 1 amide bonds. The molecule has 1 saturated heterocycles. The summed E-state index contributed by atoms with van der Waals surface area (Å²) in [7, 11) is 1.66. The van der Waals surface area contributed by atoms with Crippen molar-refractivity contribution in [3.05, 3.63) is 41.0 Å². The fraction of sp³-hybridized carbons (Fsp3) is 0.286. The standard InChI is InChI=1S/C14H13ClN2O2/c1-19-9-7-17(8-9)14(18)11-3-2-4-12-10(11)5-6-13(15)16-12/h2-6,9H,7-8H2,1H3. The Labute approximate surface area is 115 Å². The molecule has 0 unspecified atom stereocenters. The average Bonchev–Trinajstić information content (AvgIpc) is 2.36. The lowest BCUT2D eigenvalue weighted by Crippen LogP contribution is -2.54. The van der Waals surface area contributed by atoms with Gasteiger partial charge in [0.05, 0.1) is 11.6 Å². The van der Waals surface area contributed by atoms with E-state index in [1.807, 2.05) is 24.3 Å². The first-order valence-corrected chi connectivity index (χ1v) is 6.44. The second-order valence-electron chi connectivity index (χ2n) is 4.57. The molecule has 0 N–H and O–H groups in total. The summed E-state index contributed by atoms with van der Waals surface area (Å²) in [4.78, 5) is 18.4. The molecule has 1 aliphatic heterocycles. The largest absolute Gasteiger partial charge is 0.378 e. The summed E-state index contributed by atoms with van der Waals surface area (Å²) in [6, 6.07) is 9.04. The van der Waals surface area contributed by atoms with Crippen LogP contribution in [0.4, 0.5) is 0 Å². The number of ether oxygens (including phenoxy) is 1. The van der Waals surface area contributed by atoms with Gasteiger partial charge < -0.3 is 9.64 Å². The van der Waals surface area contributed by atoms with E-state index < -0.39 is 0 Å². The molecule has 0 aliphatic carbocycles. The molecule has 2 aromatic rings. The van der Waals surface area contributed by atoms with Gasteiger partial charge in [0.15, 0.2) is 0 Å². The molecule has 2 heterocycles. The summed E-state index contributed by atoms with van der Waals surface area (Å²) in [6.07, 6.45) is 0.159. The summed E-state index contributed by atoms with van der Waals surface area (Å²) in [5.41, 5.74) is 1.40. The third-order valence-corrected chi connectivity index (χ3v) is 3.61. The van der Waals surface area contributed by atoms with Crippen LogP contribution < -0.4 is 0 Å². The van der Waals surface area contributed by atoms with Crippen LogP contribution in [-0.4, -0.2) is 42.1 Å². The maximum absolute atomic E-state index is 12.4. The van der Waals surface area contributed by atoms with E-state index in [-0.39, 0.29) is 12.0 Å². The summed E-state index contributed by atoms with van der Waals surface area (Å²) < 4.78 is 5.18. The molecule has 0 bridgehead atoms. The number of hydrogen-bond acceptors (Lipinski definition) is 3. The highest BCUT2D eigenvalue weighted by Crippen LogP contribution is 2.23. The third kappa shape index (κ3) is 2.17. The number of carbonyl (C=O) groups excluding carboxylic acids is 1. The Balaban J connectivity index is 1.95. The number of hydrogen-bond donors (Lipinski definition) is 0. The number of amides is 1. The minimum Gasteiger partial charge on any atom is -0.378 e. The van der Waals surface area contributed by atoms with Gasteiger partial charge in [0.25, 0.3) is 5.91 Å². The second-order valence-corrected chi connectivity index (χ2v) is 4.96. The molecule has 98 valence electrons. The van der Waals surface area contributed by atoms with Crippen molar-refractivity contribution in [2.45, 2.75) is 6.10 Å². The Morgan fingerprint density at radius 3 is 2.89 bits per heavy atom. The van der Waals surface area contributed by atoms with Crippen molar-refractivity contribution in [1.29, 1.82) is 0 Å². The fourth-order valence-corrected chi connectivity index (χ4v) is 2.39. The molecular weight excluding hydrogens is 264 g/mol. The Bertz CT molecular complexity index is 638. The van der Waals surface area contributed by atoms with Gasteiger partial charge in [-0.1, -0.05) is 17.7 Å². The Hall–Kier alpha value is -1.65. The molecule has 4 nitrogen and oxygen atoms in total. The molecular formula is C14H13ClN2O2. The molecule has 1 aromatic heterocycles. The van der Waals surface area contributed by atoms with E-state index in [9.17, 15) is 4.79 Å². The number of likely N-dealkylation sites (tertiary alicyclic amines) is 1. The van der Waals surface area contributed by atoms with Gasteiger partial charge in [0.2, 0.25) is 0 Å². The van der Waals surface area contributed by atoms with Crippen LogP contribution in [-0.2, 0) is 4.74 Å². The number of rotatable bonds is 2. The number of carbonyl (C=O) groups is 1. The first-order chi connectivity index (χ1) is 9.19. The van der Waals surface area contributed by atoms with Crippen molar-refractivity contribution in [2.24, 2.45) is 0 Å². The van der Waals surface area contributed by atoms with Gasteiger partial charge in [-0.15, -0.1) is 0 Å². The third-order valence-electron chi connectivity index (χ3n) is 3.40. The molecule has 0 saturated carbocycles. The lowest BCUT2D eigenvalue weighted by molar-refractivity contribution is -0.0191. The zero-order valence-corrected chi connectivity index (χ0v) is 11.2. The lowest BCUT2D eigenvalue weighted by Gasteiger charge is -2.38. The van der Waals surface area contributed by atoms with Crippen LogP contribution in [0.25, 0.3) is 10.9 Å². The van der Waals surface area contributed by atoms with E-state index >= 15 is 0 Å². The number of benzene rings is 1. The van der Waals surface area contributed by atoms with E-state index in [4.69, 9.17) is 16.3 Å². The number of nitrogens with zero attached hydrogens (tertiary/aromatic N) is 2. The van der Waals surface area contributed by atoms with Crippen molar-refractivity contribution in [2.75, 3.05) is 20.2 Å². The van der Waals surface area contributed by atoms with Gasteiger partial charge in [-0.2, -0.15) is 0 Å². The molecule has 1 aliphatic rings. The summed E-state index contributed by atoms with van der Waals surface area (Å²) in [5.74, 6) is 0.0167. The average molecular weight is 277 g/mol. The van der Waals surface area contributed by atoms with Crippen LogP contribution in [0.15, 0.2) is 30.3 Å². The Morgan fingerprint density at radius 2 is 2.16 bits per heavy atom. The summed E-state index contributed by atoms with van der Waals surface area (Å²) in [5, 5.41) is 1.26. The number of pyridine rings is 1. The first kappa shape index (κ1) is 12.4. The molecule has 0 atom stereocenters. The van der Waals surface area contributed by atoms with E-state index in [1.165, 1.54) is 0 Å². The van der Waals surface area contributed by atoms with Gasteiger partial charge in [0, 0.05) is 31.1 Å². The molecule has 0 spiro atoms. The zero-order chi connectivity index (χ0) is 13.4. The molecule has 1 fully saturated rings. The SMILES string of the molecule is COC1CN(C(=O)c2cccc3nc(Cl)ccc23)C1. The van der Waals surface area contributed by atoms with E-state index in [0.717, 1.165) is 10.9 Å². The Kier molecular flexibility index (Phi) is 3.12. The van der Waals surface area contributed by atoms with Crippen LogP contribution in [0.2, 0.25) is 5.15 Å². The molecule has 1 aromatic carbocycles. The first-order valence-electron chi connectivity index (χ1n) is 6.06. The van der Waals surface area contributed by atoms with Crippen molar-refractivity contribution >= 4 is 28.4 Å². The van der Waals surface area contributed by atoms with Crippen LogP contribution >= 0.6 is 11.6 Å². The lowest BCUT2D eigenvalue weighted by atomic mass is 10.0. The monoisotopic (exact) mass is 276 g/mol. The van der Waals surface area contributed by atoms with Gasteiger partial charge in [-0.25, -0.2) is 4.98 Å². The second kappa shape index (κ2) is 4.79. The predicted octanol–water partition coefficient (Wildman–Crippen LogP) is 2.36. The maximum atomic E-state index is 12.4. The van der Waals surface area contributed by atoms with Gasteiger partial charge >= 0.3 is 0 Å². The Morgan fingerprint density at radius 1 is 1.37 bits per heavy atom. The smallest absolute Gasteiger partial charge is 0.254 e. The molecule has 5 heteroatoms. The molecule has 19 heavy (non-hydrogen) atoms. The highest BCUT2D eigenvalue weighted by Gasteiger charge is 2.31. The van der Waals surface area contributed by atoms with Gasteiger partial charge in [-0.3, -0.25) is 4.79 Å². The quantitative estimate of drug-likeness (QED) is 0.791. The number of fused-ring (bicyclic) bond motifs is 1. The van der Waals surface area contributed by atoms with Crippen LogP contribution in [0.3, 0.4) is 0 Å². The molecule has 3 rings (SSSR count). The molecule has 0 radical (unpaired) electrons. The number of methoxy groups -OCH3 is 1. The van der Waals surface area contributed by atoms with Gasteiger partial charge in [0.1, 0.15) is 5.15 Å². The van der Waals surface area contributed by atoms with Crippen LogP contribution in [0.1, 0.15) is 10.4 Å². The topological polar surface area (TPSA) is 42.4 Å². The number of halogens is 1. The minimum absolute atomic E-state index is 0.0167. The maximum Gasteiger partial charge on any atom is 0.254 e. The van der Waals surface area contributed by atoms with Gasteiger partial charge in [-0.05, 0) is 24.3 Å².